The van der Waals surface area contributed by atoms with E-state index in [1.807, 2.05) is 6.07 Å². The van der Waals surface area contributed by atoms with Crippen LogP contribution < -0.4 is 4.74 Å². The number of benzene rings is 2. The van der Waals surface area contributed by atoms with Crippen LogP contribution in [0.2, 0.25) is 0 Å². The molecule has 3 aromatic rings. The number of hydrogen-bond acceptors (Lipinski definition) is 2. The summed E-state index contributed by atoms with van der Waals surface area (Å²) in [5.74, 6) is -1.27. The van der Waals surface area contributed by atoms with E-state index >= 15 is 0 Å². The standard InChI is InChI=1S/C16H12FNO3/c17-13-6-1-2-7-14(13)21-9-11-8-10-4-3-5-12(16(19)20)15(10)18-11/h1-8,18H,9H2,(H,19,20). The molecule has 1 aromatic heterocycles. The number of halogens is 1. The van der Waals surface area contributed by atoms with Crippen LogP contribution in [0.4, 0.5) is 4.39 Å². The Morgan fingerprint density at radius 3 is 2.76 bits per heavy atom. The summed E-state index contributed by atoms with van der Waals surface area (Å²) in [5, 5.41) is 9.92. The number of carboxylic acids is 1. The first-order valence-corrected chi connectivity index (χ1v) is 6.36. The normalized spacial score (nSPS) is 10.7. The molecule has 0 bridgehead atoms. The van der Waals surface area contributed by atoms with Gasteiger partial charge < -0.3 is 14.8 Å². The topological polar surface area (TPSA) is 62.3 Å². The number of rotatable bonds is 4. The lowest BCUT2D eigenvalue weighted by Crippen LogP contribution is -1.99. The zero-order valence-corrected chi connectivity index (χ0v) is 11.0. The molecule has 0 atom stereocenters. The van der Waals surface area contributed by atoms with Gasteiger partial charge in [0.15, 0.2) is 11.6 Å². The van der Waals surface area contributed by atoms with Gasteiger partial charge in [-0.15, -0.1) is 0 Å². The molecule has 0 aliphatic heterocycles. The third kappa shape index (κ3) is 2.58. The molecular weight excluding hydrogens is 273 g/mol. The molecule has 2 N–H and O–H groups in total. The maximum absolute atomic E-state index is 13.5. The smallest absolute Gasteiger partial charge is 0.337 e. The van der Waals surface area contributed by atoms with Crippen molar-refractivity contribution in [1.29, 1.82) is 0 Å². The highest BCUT2D eigenvalue weighted by Crippen LogP contribution is 2.22. The van der Waals surface area contributed by atoms with E-state index in [9.17, 15) is 9.18 Å². The van der Waals surface area contributed by atoms with Crippen molar-refractivity contribution in [2.45, 2.75) is 6.61 Å². The summed E-state index contributed by atoms with van der Waals surface area (Å²) in [6.45, 7) is 0.134. The number of para-hydroxylation sites is 2. The molecule has 0 amide bonds. The van der Waals surface area contributed by atoms with E-state index in [4.69, 9.17) is 9.84 Å². The number of aromatic carboxylic acids is 1. The van der Waals surface area contributed by atoms with Crippen molar-refractivity contribution in [3.05, 3.63) is 65.6 Å². The van der Waals surface area contributed by atoms with Crippen molar-refractivity contribution in [3.8, 4) is 5.75 Å². The van der Waals surface area contributed by atoms with Gasteiger partial charge in [0.05, 0.1) is 16.8 Å². The van der Waals surface area contributed by atoms with Crippen LogP contribution in [0.15, 0.2) is 48.5 Å². The number of nitrogens with one attached hydrogen (secondary N) is 1. The molecule has 5 heteroatoms. The highest BCUT2D eigenvalue weighted by atomic mass is 19.1. The number of hydrogen-bond donors (Lipinski definition) is 2. The van der Waals surface area contributed by atoms with Gasteiger partial charge in [-0.3, -0.25) is 0 Å². The lowest BCUT2D eigenvalue weighted by molar-refractivity contribution is 0.0699. The van der Waals surface area contributed by atoms with Crippen molar-refractivity contribution in [2.24, 2.45) is 0 Å². The molecule has 4 nitrogen and oxygen atoms in total. The van der Waals surface area contributed by atoms with Crippen LogP contribution in [0.5, 0.6) is 5.75 Å². The van der Waals surface area contributed by atoms with E-state index in [2.05, 4.69) is 4.98 Å². The lowest BCUT2D eigenvalue weighted by atomic mass is 10.1. The van der Waals surface area contributed by atoms with Crippen LogP contribution in [0.1, 0.15) is 16.1 Å². The number of carbonyl (C=O) groups is 1. The monoisotopic (exact) mass is 285 g/mol. The van der Waals surface area contributed by atoms with Crippen molar-refractivity contribution in [3.63, 3.8) is 0 Å². The minimum Gasteiger partial charge on any atom is -0.484 e. The van der Waals surface area contributed by atoms with Crippen LogP contribution in [0, 0.1) is 5.82 Å². The Kier molecular flexibility index (Phi) is 3.31. The number of carboxylic acid groups (broad SMARTS) is 1. The van der Waals surface area contributed by atoms with Crippen LogP contribution in [-0.2, 0) is 6.61 Å². The molecule has 0 aliphatic carbocycles. The second-order valence-electron chi connectivity index (χ2n) is 4.59. The molecule has 0 aliphatic rings. The zero-order valence-electron chi connectivity index (χ0n) is 11.0. The van der Waals surface area contributed by atoms with E-state index in [-0.39, 0.29) is 17.9 Å². The van der Waals surface area contributed by atoms with Gasteiger partial charge in [-0.2, -0.15) is 0 Å². The van der Waals surface area contributed by atoms with Gasteiger partial charge in [0.2, 0.25) is 0 Å². The lowest BCUT2D eigenvalue weighted by Gasteiger charge is -2.05. The van der Waals surface area contributed by atoms with Crippen LogP contribution in [0.3, 0.4) is 0 Å². The quantitative estimate of drug-likeness (QED) is 0.770. The van der Waals surface area contributed by atoms with Crippen molar-refractivity contribution in [1.82, 2.24) is 4.98 Å². The number of H-pyrrole nitrogens is 1. The molecule has 0 fully saturated rings. The predicted molar refractivity (Wildman–Crippen MR) is 76.0 cm³/mol. The maximum Gasteiger partial charge on any atom is 0.337 e. The highest BCUT2D eigenvalue weighted by Gasteiger charge is 2.11. The summed E-state index contributed by atoms with van der Waals surface area (Å²) in [7, 11) is 0. The van der Waals surface area contributed by atoms with Gasteiger partial charge in [0.25, 0.3) is 0 Å². The fourth-order valence-corrected chi connectivity index (χ4v) is 2.19. The Morgan fingerprint density at radius 1 is 1.19 bits per heavy atom. The van der Waals surface area contributed by atoms with Gasteiger partial charge in [-0.25, -0.2) is 9.18 Å². The van der Waals surface area contributed by atoms with Gasteiger partial charge >= 0.3 is 5.97 Å². The average molecular weight is 285 g/mol. The SMILES string of the molecule is O=C(O)c1cccc2cc(COc3ccccc3F)[nH]c12. The first kappa shape index (κ1) is 13.2. The molecule has 2 aromatic carbocycles. The summed E-state index contributed by atoms with van der Waals surface area (Å²) < 4.78 is 18.9. The summed E-state index contributed by atoms with van der Waals surface area (Å²) in [4.78, 5) is 14.2. The fourth-order valence-electron chi connectivity index (χ4n) is 2.19. The summed E-state index contributed by atoms with van der Waals surface area (Å²) in [6.07, 6.45) is 0. The second kappa shape index (κ2) is 5.28. The third-order valence-corrected chi connectivity index (χ3v) is 3.16. The molecule has 0 saturated carbocycles. The van der Waals surface area contributed by atoms with Gasteiger partial charge in [0.1, 0.15) is 6.61 Å². The Bertz CT molecular complexity index is 810. The van der Waals surface area contributed by atoms with E-state index in [0.717, 1.165) is 5.39 Å². The average Bonchev–Trinajstić information content (AvgIpc) is 2.88. The molecule has 106 valence electrons. The number of aromatic nitrogens is 1. The van der Waals surface area contributed by atoms with Crippen molar-refractivity contribution in [2.75, 3.05) is 0 Å². The van der Waals surface area contributed by atoms with Crippen LogP contribution >= 0.6 is 0 Å². The van der Waals surface area contributed by atoms with Crippen molar-refractivity contribution < 1.29 is 19.0 Å². The Labute approximate surface area is 119 Å². The minimum atomic E-state index is -0.996. The number of fused-ring (bicyclic) bond motifs is 1. The molecule has 0 radical (unpaired) electrons. The third-order valence-electron chi connectivity index (χ3n) is 3.16. The summed E-state index contributed by atoms with van der Waals surface area (Å²) in [5.41, 5.74) is 1.42. The second-order valence-corrected chi connectivity index (χ2v) is 4.59. The maximum atomic E-state index is 13.5. The molecule has 21 heavy (non-hydrogen) atoms. The Hall–Kier alpha value is -2.82. The summed E-state index contributed by atoms with van der Waals surface area (Å²) in [6, 6.07) is 13.0. The van der Waals surface area contributed by atoms with E-state index in [1.54, 1.807) is 30.3 Å². The number of ether oxygens (including phenoxy) is 1. The van der Waals surface area contributed by atoms with Crippen LogP contribution in [0.25, 0.3) is 10.9 Å². The molecule has 0 spiro atoms. The van der Waals surface area contributed by atoms with E-state index in [0.29, 0.717) is 11.2 Å². The minimum absolute atomic E-state index is 0.134. The van der Waals surface area contributed by atoms with Gasteiger partial charge in [-0.05, 0) is 24.3 Å². The largest absolute Gasteiger partial charge is 0.484 e. The molecule has 3 rings (SSSR count). The fraction of sp³-hybridized carbons (Fsp3) is 0.0625. The Balaban J connectivity index is 1.87. The summed E-state index contributed by atoms with van der Waals surface area (Å²) >= 11 is 0. The van der Waals surface area contributed by atoms with Gasteiger partial charge in [0, 0.05) is 5.39 Å². The first-order chi connectivity index (χ1) is 10.1. The van der Waals surface area contributed by atoms with E-state index in [1.165, 1.54) is 12.1 Å². The molecular formula is C16H12FNO3. The molecule has 0 unspecified atom stereocenters. The first-order valence-electron chi connectivity index (χ1n) is 6.36. The Morgan fingerprint density at radius 2 is 2.00 bits per heavy atom. The number of aromatic amines is 1. The van der Waals surface area contributed by atoms with Crippen molar-refractivity contribution >= 4 is 16.9 Å². The van der Waals surface area contributed by atoms with Gasteiger partial charge in [-0.1, -0.05) is 24.3 Å². The zero-order chi connectivity index (χ0) is 14.8. The predicted octanol–water partition coefficient (Wildman–Crippen LogP) is 3.58. The molecule has 1 heterocycles. The van der Waals surface area contributed by atoms with E-state index < -0.39 is 11.8 Å². The highest BCUT2D eigenvalue weighted by molar-refractivity contribution is 6.02. The molecule has 0 saturated heterocycles. The van der Waals surface area contributed by atoms with Crippen LogP contribution in [-0.4, -0.2) is 16.1 Å².